The lowest BCUT2D eigenvalue weighted by Crippen LogP contribution is -2.42. The van der Waals surface area contributed by atoms with Crippen LogP contribution in [0.4, 0.5) is 0 Å². The van der Waals surface area contributed by atoms with Crippen molar-refractivity contribution in [1.29, 1.82) is 0 Å². The van der Waals surface area contributed by atoms with Gasteiger partial charge in [0.25, 0.3) is 0 Å². The number of hydrogen-bond donors (Lipinski definition) is 2. The van der Waals surface area contributed by atoms with Gasteiger partial charge >= 0.3 is 0 Å². The van der Waals surface area contributed by atoms with Crippen molar-refractivity contribution in [2.75, 3.05) is 6.61 Å². The van der Waals surface area contributed by atoms with Crippen LogP contribution in [-0.4, -0.2) is 17.3 Å². The van der Waals surface area contributed by atoms with Crippen LogP contribution in [0.3, 0.4) is 0 Å². The maximum absolute atomic E-state index is 9.17. The summed E-state index contributed by atoms with van der Waals surface area (Å²) in [4.78, 5) is 0. The zero-order valence-electron chi connectivity index (χ0n) is 11.4. The predicted molar refractivity (Wildman–Crippen MR) is 75.9 cm³/mol. The minimum absolute atomic E-state index is 0.0615. The van der Waals surface area contributed by atoms with Crippen molar-refractivity contribution >= 4 is 0 Å². The molecular weight excluding hydrogens is 210 g/mol. The SMILES string of the molecule is C\C=C/C(=C\C=C\CCC(N)(CC)CO)CC. The molecule has 2 heteroatoms. The molecule has 0 radical (unpaired) electrons. The van der Waals surface area contributed by atoms with Crippen molar-refractivity contribution in [2.45, 2.75) is 52.0 Å². The van der Waals surface area contributed by atoms with E-state index in [1.165, 1.54) is 5.57 Å². The lowest BCUT2D eigenvalue weighted by molar-refractivity contribution is 0.183. The van der Waals surface area contributed by atoms with Gasteiger partial charge in [-0.3, -0.25) is 0 Å². The van der Waals surface area contributed by atoms with Crippen LogP contribution in [0.1, 0.15) is 46.5 Å². The van der Waals surface area contributed by atoms with Crippen LogP contribution < -0.4 is 5.73 Å². The Kier molecular flexibility index (Phi) is 8.73. The molecule has 0 fully saturated rings. The average molecular weight is 237 g/mol. The summed E-state index contributed by atoms with van der Waals surface area (Å²) in [7, 11) is 0. The Morgan fingerprint density at radius 3 is 2.53 bits per heavy atom. The second-order valence-corrected chi connectivity index (χ2v) is 4.44. The molecule has 1 atom stereocenters. The first-order valence-corrected chi connectivity index (χ1v) is 6.50. The Morgan fingerprint density at radius 2 is 2.06 bits per heavy atom. The van der Waals surface area contributed by atoms with E-state index in [0.717, 1.165) is 25.7 Å². The lowest BCUT2D eigenvalue weighted by atomic mass is 9.92. The zero-order valence-corrected chi connectivity index (χ0v) is 11.4. The van der Waals surface area contributed by atoms with Crippen LogP contribution in [0, 0.1) is 0 Å². The largest absolute Gasteiger partial charge is 0.394 e. The summed E-state index contributed by atoms with van der Waals surface area (Å²) in [5.74, 6) is 0. The van der Waals surface area contributed by atoms with Gasteiger partial charge in [-0.2, -0.15) is 0 Å². The Hall–Kier alpha value is -0.860. The van der Waals surface area contributed by atoms with Crippen molar-refractivity contribution in [3.05, 3.63) is 36.0 Å². The molecule has 0 spiro atoms. The van der Waals surface area contributed by atoms with Gasteiger partial charge in [0.2, 0.25) is 0 Å². The molecule has 3 N–H and O–H groups in total. The smallest absolute Gasteiger partial charge is 0.0611 e. The van der Waals surface area contributed by atoms with Gasteiger partial charge in [-0.1, -0.05) is 44.2 Å². The van der Waals surface area contributed by atoms with Crippen LogP contribution in [0.2, 0.25) is 0 Å². The quantitative estimate of drug-likeness (QED) is 0.636. The Morgan fingerprint density at radius 1 is 1.35 bits per heavy atom. The van der Waals surface area contributed by atoms with Crippen molar-refractivity contribution in [3.8, 4) is 0 Å². The number of aliphatic hydroxyl groups excluding tert-OH is 1. The Labute approximate surface area is 106 Å². The van der Waals surface area contributed by atoms with E-state index in [2.05, 4.69) is 37.3 Å². The van der Waals surface area contributed by atoms with Crippen LogP contribution in [0.25, 0.3) is 0 Å². The highest BCUT2D eigenvalue weighted by atomic mass is 16.3. The van der Waals surface area contributed by atoms with Gasteiger partial charge in [0.05, 0.1) is 6.61 Å². The third kappa shape index (κ3) is 7.14. The fourth-order valence-electron chi connectivity index (χ4n) is 1.53. The van der Waals surface area contributed by atoms with E-state index in [9.17, 15) is 0 Å². The third-order valence-corrected chi connectivity index (χ3v) is 3.06. The van der Waals surface area contributed by atoms with Gasteiger partial charge in [0, 0.05) is 5.54 Å². The highest BCUT2D eigenvalue weighted by molar-refractivity contribution is 5.22. The minimum Gasteiger partial charge on any atom is -0.394 e. The minimum atomic E-state index is -0.412. The molecule has 0 aliphatic heterocycles. The van der Waals surface area contributed by atoms with E-state index < -0.39 is 5.54 Å². The summed E-state index contributed by atoms with van der Waals surface area (Å²) in [6, 6.07) is 0. The number of aliphatic hydroxyl groups is 1. The molecule has 0 amide bonds. The highest BCUT2D eigenvalue weighted by Gasteiger charge is 2.19. The average Bonchev–Trinajstić information content (AvgIpc) is 2.36. The standard InChI is InChI=1S/C15H27NO/c1-4-10-14(5-2)11-8-7-9-12-15(16,6-3)13-17/h4,7-8,10-11,17H,5-6,9,12-13,16H2,1-3H3/b8-7+,10-4-,14-11-. The second-order valence-electron chi connectivity index (χ2n) is 4.44. The van der Waals surface area contributed by atoms with Crippen molar-refractivity contribution in [2.24, 2.45) is 5.73 Å². The van der Waals surface area contributed by atoms with Gasteiger partial charge in [0.15, 0.2) is 0 Å². The van der Waals surface area contributed by atoms with Crippen LogP contribution in [0.15, 0.2) is 36.0 Å². The molecule has 1 unspecified atom stereocenters. The first-order valence-electron chi connectivity index (χ1n) is 6.50. The van der Waals surface area contributed by atoms with Crippen molar-refractivity contribution < 1.29 is 5.11 Å². The number of nitrogens with two attached hydrogens (primary N) is 1. The highest BCUT2D eigenvalue weighted by Crippen LogP contribution is 2.13. The molecule has 98 valence electrons. The summed E-state index contributed by atoms with van der Waals surface area (Å²) >= 11 is 0. The molecule has 17 heavy (non-hydrogen) atoms. The van der Waals surface area contributed by atoms with Crippen LogP contribution >= 0.6 is 0 Å². The topological polar surface area (TPSA) is 46.2 Å². The van der Waals surface area contributed by atoms with Gasteiger partial charge in [0.1, 0.15) is 0 Å². The fraction of sp³-hybridized carbons (Fsp3) is 0.600. The molecule has 0 saturated carbocycles. The molecular formula is C15H27NO. The predicted octanol–water partition coefficient (Wildman–Crippen LogP) is 3.34. The Bertz CT molecular complexity index is 273. The molecule has 0 aromatic heterocycles. The lowest BCUT2D eigenvalue weighted by Gasteiger charge is -2.24. The Balaban J connectivity index is 4.12. The van der Waals surface area contributed by atoms with Gasteiger partial charge < -0.3 is 10.8 Å². The van der Waals surface area contributed by atoms with Gasteiger partial charge in [-0.15, -0.1) is 0 Å². The van der Waals surface area contributed by atoms with Crippen molar-refractivity contribution in [1.82, 2.24) is 0 Å². The molecule has 0 aliphatic carbocycles. The summed E-state index contributed by atoms with van der Waals surface area (Å²) < 4.78 is 0. The number of hydrogen-bond acceptors (Lipinski definition) is 2. The van der Waals surface area contributed by atoms with E-state index in [1.807, 2.05) is 13.8 Å². The first-order chi connectivity index (χ1) is 8.11. The number of rotatable bonds is 8. The van der Waals surface area contributed by atoms with Crippen LogP contribution in [-0.2, 0) is 0 Å². The maximum atomic E-state index is 9.17. The summed E-state index contributed by atoms with van der Waals surface area (Å²) in [5.41, 5.74) is 6.91. The molecule has 0 aliphatic rings. The molecule has 0 saturated heterocycles. The van der Waals surface area contributed by atoms with Crippen molar-refractivity contribution in [3.63, 3.8) is 0 Å². The number of allylic oxidation sites excluding steroid dienone is 6. The van der Waals surface area contributed by atoms with Gasteiger partial charge in [-0.05, 0) is 38.2 Å². The zero-order chi connectivity index (χ0) is 13.1. The molecule has 0 aromatic rings. The first kappa shape index (κ1) is 16.1. The van der Waals surface area contributed by atoms with E-state index >= 15 is 0 Å². The van der Waals surface area contributed by atoms with E-state index in [1.54, 1.807) is 0 Å². The van der Waals surface area contributed by atoms with Gasteiger partial charge in [-0.25, -0.2) is 0 Å². The second kappa shape index (κ2) is 9.20. The molecule has 0 aromatic carbocycles. The third-order valence-electron chi connectivity index (χ3n) is 3.06. The van der Waals surface area contributed by atoms with E-state index in [-0.39, 0.29) is 6.61 Å². The monoisotopic (exact) mass is 237 g/mol. The fourth-order valence-corrected chi connectivity index (χ4v) is 1.53. The molecule has 0 heterocycles. The summed E-state index contributed by atoms with van der Waals surface area (Å²) in [6.07, 6.45) is 14.1. The summed E-state index contributed by atoms with van der Waals surface area (Å²) in [6.45, 7) is 6.25. The molecule has 2 nitrogen and oxygen atoms in total. The van der Waals surface area contributed by atoms with Crippen LogP contribution in [0.5, 0.6) is 0 Å². The normalized spacial score (nSPS) is 16.9. The van der Waals surface area contributed by atoms with E-state index in [0.29, 0.717) is 0 Å². The molecule has 0 bridgehead atoms. The summed E-state index contributed by atoms with van der Waals surface area (Å²) in [5, 5.41) is 9.17. The maximum Gasteiger partial charge on any atom is 0.0611 e. The van der Waals surface area contributed by atoms with E-state index in [4.69, 9.17) is 10.8 Å². The molecule has 0 rings (SSSR count).